The highest BCUT2D eigenvalue weighted by atomic mass is 16.5. The molecule has 0 aliphatic heterocycles. The lowest BCUT2D eigenvalue weighted by molar-refractivity contribution is 0.317. The van der Waals surface area contributed by atoms with Gasteiger partial charge in [-0.1, -0.05) is 37.3 Å². The Morgan fingerprint density at radius 1 is 1.06 bits per heavy atom. The van der Waals surface area contributed by atoms with Crippen molar-refractivity contribution in [1.29, 1.82) is 0 Å². The van der Waals surface area contributed by atoms with E-state index in [4.69, 9.17) is 4.74 Å². The maximum atomic E-state index is 5.59. The van der Waals surface area contributed by atoms with Crippen molar-refractivity contribution in [2.45, 2.75) is 13.3 Å². The van der Waals surface area contributed by atoms with Crippen LogP contribution in [0.2, 0.25) is 0 Å². The monoisotopic (exact) mass is 239 g/mol. The average Bonchev–Trinajstić information content (AvgIpc) is 2.44. The Morgan fingerprint density at radius 2 is 1.89 bits per heavy atom. The van der Waals surface area contributed by atoms with Crippen molar-refractivity contribution in [3.63, 3.8) is 0 Å². The van der Waals surface area contributed by atoms with Gasteiger partial charge in [0, 0.05) is 6.21 Å². The molecule has 0 amide bonds. The molecule has 2 aromatic carbocycles. The summed E-state index contributed by atoms with van der Waals surface area (Å²) in [4.78, 5) is 4.42. The van der Waals surface area contributed by atoms with E-state index in [1.807, 2.05) is 60.8 Å². The van der Waals surface area contributed by atoms with Gasteiger partial charge in [0.1, 0.15) is 5.75 Å². The third-order valence-corrected chi connectivity index (χ3v) is 2.45. The Morgan fingerprint density at radius 3 is 2.67 bits per heavy atom. The molecule has 0 unspecified atom stereocenters. The highest BCUT2D eigenvalue weighted by Gasteiger charge is 1.94. The molecule has 2 aromatic rings. The SMILES string of the molecule is CCCOc1cccc(C=Nc2ccccc2)c1. The van der Waals surface area contributed by atoms with E-state index >= 15 is 0 Å². The standard InChI is InChI=1S/C16H17NO/c1-2-11-18-16-10-6-7-14(12-16)13-17-15-8-4-3-5-9-15/h3-10,12-13H,2,11H2,1H3. The van der Waals surface area contributed by atoms with Gasteiger partial charge in [0.15, 0.2) is 0 Å². The predicted octanol–water partition coefficient (Wildman–Crippen LogP) is 4.23. The number of hydrogen-bond acceptors (Lipinski definition) is 2. The van der Waals surface area contributed by atoms with Crippen molar-refractivity contribution in [3.8, 4) is 5.75 Å². The molecule has 0 aliphatic rings. The van der Waals surface area contributed by atoms with Crippen molar-refractivity contribution < 1.29 is 4.74 Å². The normalized spacial score (nSPS) is 10.7. The summed E-state index contributed by atoms with van der Waals surface area (Å²) in [6.07, 6.45) is 2.87. The summed E-state index contributed by atoms with van der Waals surface area (Å²) in [7, 11) is 0. The molecule has 18 heavy (non-hydrogen) atoms. The molecule has 0 saturated heterocycles. The second-order valence-electron chi connectivity index (χ2n) is 4.01. The predicted molar refractivity (Wildman–Crippen MR) is 75.9 cm³/mol. The quantitative estimate of drug-likeness (QED) is 0.716. The summed E-state index contributed by atoms with van der Waals surface area (Å²) < 4.78 is 5.59. The van der Waals surface area contributed by atoms with Crippen LogP contribution in [0.4, 0.5) is 5.69 Å². The molecular formula is C16H17NO. The Hall–Kier alpha value is -2.09. The van der Waals surface area contributed by atoms with Gasteiger partial charge in [-0.15, -0.1) is 0 Å². The molecule has 0 spiro atoms. The van der Waals surface area contributed by atoms with Crippen molar-refractivity contribution in [2.75, 3.05) is 6.61 Å². The van der Waals surface area contributed by atoms with Crippen LogP contribution in [0.3, 0.4) is 0 Å². The molecule has 0 aromatic heterocycles. The van der Waals surface area contributed by atoms with E-state index in [0.29, 0.717) is 0 Å². The fourth-order valence-electron chi connectivity index (χ4n) is 1.57. The summed E-state index contributed by atoms with van der Waals surface area (Å²) in [5, 5.41) is 0. The minimum absolute atomic E-state index is 0.749. The van der Waals surface area contributed by atoms with Gasteiger partial charge in [0.05, 0.1) is 12.3 Å². The summed E-state index contributed by atoms with van der Waals surface area (Å²) in [6.45, 7) is 2.85. The molecule has 0 fully saturated rings. The van der Waals surface area contributed by atoms with Crippen LogP contribution in [0.5, 0.6) is 5.75 Å². The lowest BCUT2D eigenvalue weighted by Crippen LogP contribution is -1.95. The van der Waals surface area contributed by atoms with E-state index in [9.17, 15) is 0 Å². The molecule has 0 heterocycles. The summed E-state index contributed by atoms with van der Waals surface area (Å²) in [6, 6.07) is 17.9. The van der Waals surface area contributed by atoms with Crippen LogP contribution in [0.15, 0.2) is 59.6 Å². The maximum Gasteiger partial charge on any atom is 0.119 e. The highest BCUT2D eigenvalue weighted by molar-refractivity contribution is 5.82. The topological polar surface area (TPSA) is 21.6 Å². The molecule has 2 nitrogen and oxygen atoms in total. The van der Waals surface area contributed by atoms with Gasteiger partial charge in [0.2, 0.25) is 0 Å². The fourth-order valence-corrected chi connectivity index (χ4v) is 1.57. The molecule has 0 aliphatic carbocycles. The molecule has 92 valence electrons. The molecule has 0 saturated carbocycles. The number of benzene rings is 2. The molecule has 0 bridgehead atoms. The van der Waals surface area contributed by atoms with Crippen LogP contribution in [0.25, 0.3) is 0 Å². The Kier molecular flexibility index (Phi) is 4.53. The van der Waals surface area contributed by atoms with Crippen LogP contribution in [-0.2, 0) is 0 Å². The van der Waals surface area contributed by atoms with Gasteiger partial charge in [-0.3, -0.25) is 4.99 Å². The molecule has 2 rings (SSSR count). The number of aliphatic imine (C=N–C) groups is 1. The smallest absolute Gasteiger partial charge is 0.119 e. The Labute approximate surface area is 108 Å². The third kappa shape index (κ3) is 3.74. The molecule has 2 heteroatoms. The zero-order valence-electron chi connectivity index (χ0n) is 10.5. The first-order chi connectivity index (χ1) is 8.88. The first-order valence-electron chi connectivity index (χ1n) is 6.20. The van der Waals surface area contributed by atoms with Crippen LogP contribution in [0.1, 0.15) is 18.9 Å². The van der Waals surface area contributed by atoms with Crippen molar-refractivity contribution >= 4 is 11.9 Å². The van der Waals surface area contributed by atoms with Gasteiger partial charge < -0.3 is 4.74 Å². The first kappa shape index (κ1) is 12.4. The van der Waals surface area contributed by atoms with Gasteiger partial charge in [-0.05, 0) is 36.2 Å². The number of rotatable bonds is 5. The Balaban J connectivity index is 2.07. The molecule has 0 N–H and O–H groups in total. The van der Waals surface area contributed by atoms with Crippen LogP contribution < -0.4 is 4.74 Å². The average molecular weight is 239 g/mol. The van der Waals surface area contributed by atoms with E-state index in [2.05, 4.69) is 11.9 Å². The first-order valence-corrected chi connectivity index (χ1v) is 6.20. The molecule has 0 atom stereocenters. The van der Waals surface area contributed by atoms with Crippen LogP contribution in [0, 0.1) is 0 Å². The molecular weight excluding hydrogens is 222 g/mol. The van der Waals surface area contributed by atoms with Gasteiger partial charge in [0.25, 0.3) is 0 Å². The van der Waals surface area contributed by atoms with E-state index in [-0.39, 0.29) is 0 Å². The van der Waals surface area contributed by atoms with Crippen molar-refractivity contribution in [2.24, 2.45) is 4.99 Å². The van der Waals surface area contributed by atoms with Crippen LogP contribution >= 0.6 is 0 Å². The van der Waals surface area contributed by atoms with Crippen molar-refractivity contribution in [3.05, 3.63) is 60.2 Å². The lowest BCUT2D eigenvalue weighted by Gasteiger charge is -2.04. The highest BCUT2D eigenvalue weighted by Crippen LogP contribution is 2.14. The maximum absolute atomic E-state index is 5.59. The number of ether oxygens (including phenoxy) is 1. The minimum Gasteiger partial charge on any atom is -0.494 e. The van der Waals surface area contributed by atoms with Crippen LogP contribution in [-0.4, -0.2) is 12.8 Å². The number of nitrogens with zero attached hydrogens (tertiary/aromatic N) is 1. The largest absolute Gasteiger partial charge is 0.494 e. The fraction of sp³-hybridized carbons (Fsp3) is 0.188. The second-order valence-corrected chi connectivity index (χ2v) is 4.01. The van der Waals surface area contributed by atoms with Gasteiger partial charge >= 0.3 is 0 Å². The number of hydrogen-bond donors (Lipinski definition) is 0. The van der Waals surface area contributed by atoms with Gasteiger partial charge in [-0.25, -0.2) is 0 Å². The summed E-state index contributed by atoms with van der Waals surface area (Å²) in [5.74, 6) is 0.897. The van der Waals surface area contributed by atoms with E-state index in [0.717, 1.165) is 30.0 Å². The summed E-state index contributed by atoms with van der Waals surface area (Å²) >= 11 is 0. The number of para-hydroxylation sites is 1. The zero-order valence-corrected chi connectivity index (χ0v) is 10.5. The summed E-state index contributed by atoms with van der Waals surface area (Å²) in [5.41, 5.74) is 2.00. The second kappa shape index (κ2) is 6.60. The molecule has 0 radical (unpaired) electrons. The zero-order chi connectivity index (χ0) is 12.6. The van der Waals surface area contributed by atoms with E-state index in [1.54, 1.807) is 0 Å². The van der Waals surface area contributed by atoms with E-state index < -0.39 is 0 Å². The van der Waals surface area contributed by atoms with Crippen molar-refractivity contribution in [1.82, 2.24) is 0 Å². The van der Waals surface area contributed by atoms with Gasteiger partial charge in [-0.2, -0.15) is 0 Å². The lowest BCUT2D eigenvalue weighted by atomic mass is 10.2. The minimum atomic E-state index is 0.749. The Bertz CT molecular complexity index is 506. The third-order valence-electron chi connectivity index (χ3n) is 2.45. The van der Waals surface area contributed by atoms with E-state index in [1.165, 1.54) is 0 Å².